The van der Waals surface area contributed by atoms with Crippen LogP contribution in [0.5, 0.6) is 0 Å². The highest BCUT2D eigenvalue weighted by Gasteiger charge is 2.61. The summed E-state index contributed by atoms with van der Waals surface area (Å²) in [4.78, 5) is 39.6. The van der Waals surface area contributed by atoms with Crippen molar-refractivity contribution in [2.24, 2.45) is 5.16 Å². The molecule has 3 rings (SSSR count). The summed E-state index contributed by atoms with van der Waals surface area (Å²) >= 11 is 0. The second-order valence-corrected chi connectivity index (χ2v) is 5.90. The van der Waals surface area contributed by atoms with Gasteiger partial charge >= 0.3 is 17.7 Å². The first-order valence-electron chi connectivity index (χ1n) is 9.09. The van der Waals surface area contributed by atoms with E-state index in [1.807, 2.05) is 66.0 Å². The number of amides is 3. The molecule has 0 aliphatic carbocycles. The highest BCUT2D eigenvalue weighted by Crippen LogP contribution is 2.23. The average molecular weight is 414 g/mol. The van der Waals surface area contributed by atoms with E-state index in [0.29, 0.717) is 6.42 Å². The standard InChI is InChI=1S/C15H16FN3O5.C6H5/c1-2-23-13(21)15(16)11(20)18-14(22)19-12(15)24-17-9-8-10-6-4-3-5-7-10;1-2-4-6-5-3-1/h3-7,9,12H,2,8H2,1H3,(H2,18,19,20,22);1-5H. The molecule has 2 atom stereocenters. The quantitative estimate of drug-likeness (QED) is 0.326. The molecule has 1 aliphatic rings. The van der Waals surface area contributed by atoms with Crippen molar-refractivity contribution >= 4 is 24.1 Å². The van der Waals surface area contributed by atoms with E-state index in [9.17, 15) is 18.8 Å². The number of hydrogen-bond acceptors (Lipinski definition) is 6. The van der Waals surface area contributed by atoms with Crippen LogP contribution >= 0.6 is 0 Å². The minimum Gasteiger partial charge on any atom is -0.463 e. The van der Waals surface area contributed by atoms with Gasteiger partial charge in [0.2, 0.25) is 0 Å². The molecule has 2 N–H and O–H groups in total. The van der Waals surface area contributed by atoms with Crippen LogP contribution in [0.2, 0.25) is 0 Å². The largest absolute Gasteiger partial charge is 0.463 e. The second kappa shape index (κ2) is 11.3. The van der Waals surface area contributed by atoms with Gasteiger partial charge in [0.05, 0.1) is 6.61 Å². The third-order valence-corrected chi connectivity index (χ3v) is 3.77. The molecule has 0 spiro atoms. The van der Waals surface area contributed by atoms with Gasteiger partial charge in [0, 0.05) is 12.6 Å². The number of hydrogen-bond donors (Lipinski definition) is 2. The number of esters is 1. The van der Waals surface area contributed by atoms with Gasteiger partial charge in [-0.1, -0.05) is 65.8 Å². The molecule has 2 aromatic rings. The number of oxime groups is 1. The van der Waals surface area contributed by atoms with E-state index in [-0.39, 0.29) is 6.61 Å². The zero-order valence-corrected chi connectivity index (χ0v) is 16.2. The number of alkyl halides is 1. The monoisotopic (exact) mass is 414 g/mol. The number of imide groups is 1. The van der Waals surface area contributed by atoms with Crippen molar-refractivity contribution in [1.29, 1.82) is 0 Å². The number of halogens is 1. The SMILES string of the molecule is CCOC(=O)C1(F)C(=O)NC(=O)NC1ON=CCc1ccccc1.[c]1ccccc1. The second-order valence-electron chi connectivity index (χ2n) is 5.90. The maximum Gasteiger partial charge on any atom is 0.360 e. The lowest BCUT2D eigenvalue weighted by molar-refractivity contribution is -0.179. The lowest BCUT2D eigenvalue weighted by atomic mass is 10.0. The molecule has 1 heterocycles. The van der Waals surface area contributed by atoms with Gasteiger partial charge in [0.25, 0.3) is 12.1 Å². The van der Waals surface area contributed by atoms with E-state index >= 15 is 0 Å². The Hall–Kier alpha value is -3.75. The van der Waals surface area contributed by atoms with Gasteiger partial charge in [0.15, 0.2) is 0 Å². The van der Waals surface area contributed by atoms with Gasteiger partial charge in [-0.15, -0.1) is 0 Å². The molecule has 1 aliphatic heterocycles. The molecule has 2 unspecified atom stereocenters. The van der Waals surface area contributed by atoms with E-state index in [1.54, 1.807) is 5.32 Å². The van der Waals surface area contributed by atoms with E-state index in [1.165, 1.54) is 13.1 Å². The van der Waals surface area contributed by atoms with Crippen LogP contribution < -0.4 is 10.6 Å². The molecular formula is C21H21FN3O5. The summed E-state index contributed by atoms with van der Waals surface area (Å²) < 4.78 is 19.4. The van der Waals surface area contributed by atoms with Gasteiger partial charge in [-0.05, 0) is 18.6 Å². The first kappa shape index (κ1) is 22.5. The summed E-state index contributed by atoms with van der Waals surface area (Å²) in [6.07, 6.45) is -0.226. The Bertz CT molecular complexity index is 837. The molecule has 1 fully saturated rings. The van der Waals surface area contributed by atoms with Crippen molar-refractivity contribution < 1.29 is 28.3 Å². The number of carbonyl (C=O) groups excluding carboxylic acids is 3. The van der Waals surface area contributed by atoms with Crippen molar-refractivity contribution in [2.45, 2.75) is 25.2 Å². The number of rotatable bonds is 6. The minimum absolute atomic E-state index is 0.143. The number of ether oxygens (including phenoxy) is 1. The van der Waals surface area contributed by atoms with E-state index in [0.717, 1.165) is 5.56 Å². The number of carbonyl (C=O) groups is 3. The highest BCUT2D eigenvalue weighted by molar-refractivity contribution is 6.14. The molecule has 2 aromatic carbocycles. The predicted molar refractivity (Wildman–Crippen MR) is 106 cm³/mol. The normalized spacial score (nSPS) is 20.4. The minimum atomic E-state index is -3.23. The van der Waals surface area contributed by atoms with Crippen LogP contribution in [0.25, 0.3) is 0 Å². The Balaban J connectivity index is 0.000000456. The molecule has 1 saturated heterocycles. The van der Waals surface area contributed by atoms with Crippen LogP contribution in [0.1, 0.15) is 12.5 Å². The van der Waals surface area contributed by atoms with Crippen LogP contribution in [0, 0.1) is 6.07 Å². The summed E-state index contributed by atoms with van der Waals surface area (Å²) in [5, 5.41) is 7.18. The molecule has 30 heavy (non-hydrogen) atoms. The maximum atomic E-state index is 14.8. The van der Waals surface area contributed by atoms with E-state index in [4.69, 9.17) is 4.84 Å². The lowest BCUT2D eigenvalue weighted by Gasteiger charge is -2.32. The Morgan fingerprint density at radius 1 is 1.20 bits per heavy atom. The summed E-state index contributed by atoms with van der Waals surface area (Å²) in [7, 11) is 0. The Morgan fingerprint density at radius 3 is 2.43 bits per heavy atom. The van der Waals surface area contributed by atoms with Crippen LogP contribution in [0.15, 0.2) is 65.8 Å². The summed E-state index contributed by atoms with van der Waals surface area (Å²) in [6, 6.07) is 20.7. The molecule has 157 valence electrons. The van der Waals surface area contributed by atoms with Gasteiger partial charge in [-0.25, -0.2) is 14.0 Å². The molecule has 1 radical (unpaired) electrons. The highest BCUT2D eigenvalue weighted by atomic mass is 19.1. The smallest absolute Gasteiger partial charge is 0.360 e. The lowest BCUT2D eigenvalue weighted by Crippen LogP contribution is -2.70. The Kier molecular flexibility index (Phi) is 8.49. The topological polar surface area (TPSA) is 106 Å². The fourth-order valence-corrected chi connectivity index (χ4v) is 2.31. The van der Waals surface area contributed by atoms with Crippen LogP contribution in [0.4, 0.5) is 9.18 Å². The van der Waals surface area contributed by atoms with Gasteiger partial charge in [0.1, 0.15) is 0 Å². The molecule has 0 aromatic heterocycles. The van der Waals surface area contributed by atoms with Crippen molar-refractivity contribution in [3.8, 4) is 0 Å². The summed E-state index contributed by atoms with van der Waals surface area (Å²) in [5.74, 6) is -2.93. The van der Waals surface area contributed by atoms with Crippen molar-refractivity contribution in [1.82, 2.24) is 10.6 Å². The molecule has 8 nitrogen and oxygen atoms in total. The number of nitrogens with zero attached hydrogens (tertiary/aromatic N) is 1. The van der Waals surface area contributed by atoms with E-state index in [2.05, 4.69) is 16.0 Å². The van der Waals surface area contributed by atoms with Gasteiger partial charge in [-0.3, -0.25) is 15.4 Å². The number of benzene rings is 2. The molecule has 9 heteroatoms. The Labute approximate surface area is 173 Å². The third kappa shape index (κ3) is 6.13. The fraction of sp³-hybridized carbons (Fsp3) is 0.238. The summed E-state index contributed by atoms with van der Waals surface area (Å²) in [5.41, 5.74) is -2.30. The fourth-order valence-electron chi connectivity index (χ4n) is 2.31. The van der Waals surface area contributed by atoms with Crippen LogP contribution in [-0.2, 0) is 25.6 Å². The zero-order valence-electron chi connectivity index (χ0n) is 16.2. The van der Waals surface area contributed by atoms with Crippen molar-refractivity contribution in [3.05, 3.63) is 72.3 Å². The van der Waals surface area contributed by atoms with E-state index < -0.39 is 29.8 Å². The number of nitrogens with one attached hydrogen (secondary N) is 2. The Morgan fingerprint density at radius 2 is 1.87 bits per heavy atom. The first-order chi connectivity index (χ1) is 14.5. The molecule has 0 saturated carbocycles. The zero-order chi connectivity index (χ0) is 21.8. The van der Waals surface area contributed by atoms with Crippen molar-refractivity contribution in [2.75, 3.05) is 6.61 Å². The predicted octanol–water partition coefficient (Wildman–Crippen LogP) is 2.16. The van der Waals surface area contributed by atoms with Gasteiger partial charge in [-0.2, -0.15) is 0 Å². The van der Waals surface area contributed by atoms with Crippen molar-refractivity contribution in [3.63, 3.8) is 0 Å². The maximum absolute atomic E-state index is 14.8. The van der Waals surface area contributed by atoms with Crippen LogP contribution in [0.3, 0.4) is 0 Å². The molecular weight excluding hydrogens is 393 g/mol. The van der Waals surface area contributed by atoms with Crippen LogP contribution in [-0.4, -0.2) is 42.6 Å². The third-order valence-electron chi connectivity index (χ3n) is 3.77. The first-order valence-corrected chi connectivity index (χ1v) is 9.09. The number of urea groups is 1. The average Bonchev–Trinajstić information content (AvgIpc) is 2.77. The molecule has 0 bridgehead atoms. The summed E-state index contributed by atoms with van der Waals surface area (Å²) in [6.45, 7) is 1.31. The molecule has 3 amide bonds. The van der Waals surface area contributed by atoms with Gasteiger partial charge < -0.3 is 9.57 Å².